The van der Waals surface area contributed by atoms with Crippen LogP contribution < -0.4 is 5.32 Å². The van der Waals surface area contributed by atoms with Crippen molar-refractivity contribution in [2.45, 2.75) is 32.4 Å². The average Bonchev–Trinajstić information content (AvgIpc) is 2.27. The Morgan fingerprint density at radius 3 is 2.21 bits per heavy atom. The van der Waals surface area contributed by atoms with Crippen molar-refractivity contribution in [2.24, 2.45) is 0 Å². The van der Waals surface area contributed by atoms with Gasteiger partial charge in [-0.2, -0.15) is 0 Å². The molecule has 1 fully saturated rings. The predicted molar refractivity (Wildman–Crippen MR) is 69.9 cm³/mol. The zero-order valence-corrected chi connectivity index (χ0v) is 11.7. The van der Waals surface area contributed by atoms with E-state index in [-0.39, 0.29) is 6.03 Å². The van der Waals surface area contributed by atoms with Crippen LogP contribution in [-0.4, -0.2) is 76.4 Å². The minimum Gasteiger partial charge on any atom is -0.480 e. The highest BCUT2D eigenvalue weighted by molar-refractivity contribution is 5.82. The Hall–Kier alpha value is -1.34. The molecule has 1 atom stereocenters. The van der Waals surface area contributed by atoms with Crippen molar-refractivity contribution in [3.05, 3.63) is 0 Å². The number of urea groups is 1. The number of hydrogen-bond acceptors (Lipinski definition) is 4. The number of carboxylic acid groups (broad SMARTS) is 1. The van der Waals surface area contributed by atoms with Crippen LogP contribution in [-0.2, 0) is 4.79 Å². The quantitative estimate of drug-likeness (QED) is 0.645. The second-order valence-corrected chi connectivity index (χ2v) is 5.59. The van der Waals surface area contributed by atoms with Gasteiger partial charge in [-0.05, 0) is 20.8 Å². The van der Waals surface area contributed by atoms with Gasteiger partial charge in [0.2, 0.25) is 0 Å². The van der Waals surface area contributed by atoms with E-state index in [0.717, 1.165) is 0 Å². The number of amides is 2. The highest BCUT2D eigenvalue weighted by Crippen LogP contribution is 2.08. The molecule has 0 radical (unpaired) electrons. The molecular weight excluding hydrogens is 250 g/mol. The summed E-state index contributed by atoms with van der Waals surface area (Å²) in [6, 6.07) is -1.24. The molecule has 3 N–H and O–H groups in total. The maximum Gasteiger partial charge on any atom is 0.325 e. The Balaban J connectivity index is 2.37. The van der Waals surface area contributed by atoms with E-state index < -0.39 is 17.6 Å². The summed E-state index contributed by atoms with van der Waals surface area (Å²) in [5.74, 6) is -1.05. The number of piperazine rings is 1. The first kappa shape index (κ1) is 15.7. The first-order chi connectivity index (χ1) is 8.69. The lowest BCUT2D eigenvalue weighted by Gasteiger charge is -2.37. The Labute approximate surface area is 113 Å². The largest absolute Gasteiger partial charge is 0.480 e. The molecule has 1 aliphatic heterocycles. The predicted octanol–water partition coefficient (Wildman–Crippen LogP) is -0.442. The Morgan fingerprint density at radius 2 is 1.79 bits per heavy atom. The van der Waals surface area contributed by atoms with Crippen molar-refractivity contribution in [2.75, 3.05) is 32.7 Å². The van der Waals surface area contributed by atoms with Crippen molar-refractivity contribution in [3.8, 4) is 0 Å². The lowest BCUT2D eigenvalue weighted by Crippen LogP contribution is -2.55. The summed E-state index contributed by atoms with van der Waals surface area (Å²) in [5, 5.41) is 20.9. The maximum atomic E-state index is 11.8. The van der Waals surface area contributed by atoms with Crippen LogP contribution in [0.5, 0.6) is 0 Å². The second kappa shape index (κ2) is 6.21. The third-order valence-electron chi connectivity index (χ3n) is 2.98. The summed E-state index contributed by atoms with van der Waals surface area (Å²) in [7, 11) is 0. The fourth-order valence-corrected chi connectivity index (χ4v) is 1.99. The van der Waals surface area contributed by atoms with Gasteiger partial charge in [-0.1, -0.05) is 0 Å². The number of hydrogen-bond donors (Lipinski definition) is 3. The molecule has 1 rings (SSSR count). The van der Waals surface area contributed by atoms with E-state index in [1.165, 1.54) is 6.92 Å². The van der Waals surface area contributed by atoms with Gasteiger partial charge in [0.25, 0.3) is 0 Å². The molecule has 0 bridgehead atoms. The number of β-amino-alcohol motifs (C(OH)–C–C–N with tert-alkyl or cyclic N) is 1. The van der Waals surface area contributed by atoms with Crippen LogP contribution >= 0.6 is 0 Å². The number of carbonyl (C=O) groups excluding carboxylic acids is 1. The highest BCUT2D eigenvalue weighted by atomic mass is 16.4. The van der Waals surface area contributed by atoms with Crippen molar-refractivity contribution in [1.29, 1.82) is 0 Å². The zero-order chi connectivity index (χ0) is 14.6. The van der Waals surface area contributed by atoms with Gasteiger partial charge in [-0.15, -0.1) is 0 Å². The van der Waals surface area contributed by atoms with Gasteiger partial charge in [0, 0.05) is 32.7 Å². The third-order valence-corrected chi connectivity index (χ3v) is 2.98. The molecular formula is C12H23N3O4. The first-order valence-electron chi connectivity index (χ1n) is 6.42. The number of nitrogens with zero attached hydrogens (tertiary/aromatic N) is 2. The Morgan fingerprint density at radius 1 is 1.26 bits per heavy atom. The standard InChI is InChI=1S/C12H23N3O4/c1-9(10(16)17)13-11(18)15-6-4-14(5-7-15)8-12(2,3)19/h9,19H,4-8H2,1-3H3,(H,13,18)(H,16,17)/t9-/m1/s1. The van der Waals surface area contributed by atoms with Crippen LogP contribution in [0.3, 0.4) is 0 Å². The third kappa shape index (κ3) is 5.44. The number of rotatable bonds is 4. The number of nitrogens with one attached hydrogen (secondary N) is 1. The zero-order valence-electron chi connectivity index (χ0n) is 11.7. The van der Waals surface area contributed by atoms with Crippen LogP contribution in [0, 0.1) is 0 Å². The molecule has 0 saturated carbocycles. The van der Waals surface area contributed by atoms with Crippen LogP contribution in [0.4, 0.5) is 4.79 Å². The smallest absolute Gasteiger partial charge is 0.325 e. The fourth-order valence-electron chi connectivity index (χ4n) is 1.99. The molecule has 110 valence electrons. The van der Waals surface area contributed by atoms with Crippen LogP contribution in [0.25, 0.3) is 0 Å². The van der Waals surface area contributed by atoms with Gasteiger partial charge in [-0.25, -0.2) is 4.79 Å². The van der Waals surface area contributed by atoms with Gasteiger partial charge < -0.3 is 20.4 Å². The number of carbonyl (C=O) groups is 2. The summed E-state index contributed by atoms with van der Waals surface area (Å²) in [6.45, 7) is 7.93. The maximum absolute atomic E-state index is 11.8. The summed E-state index contributed by atoms with van der Waals surface area (Å²) in [6.07, 6.45) is 0. The SMILES string of the molecule is C[C@@H](NC(=O)N1CCN(CC(C)(C)O)CC1)C(=O)O. The molecule has 1 saturated heterocycles. The molecule has 0 aromatic rings. The average molecular weight is 273 g/mol. The van der Waals surface area contributed by atoms with Crippen LogP contribution in [0.2, 0.25) is 0 Å². The second-order valence-electron chi connectivity index (χ2n) is 5.59. The van der Waals surface area contributed by atoms with E-state index in [1.807, 2.05) is 0 Å². The van der Waals surface area contributed by atoms with Crippen LogP contribution in [0.15, 0.2) is 0 Å². The van der Waals surface area contributed by atoms with E-state index in [0.29, 0.717) is 32.7 Å². The summed E-state index contributed by atoms with van der Waals surface area (Å²) in [5.41, 5.74) is -0.748. The topological polar surface area (TPSA) is 93.1 Å². The summed E-state index contributed by atoms with van der Waals surface area (Å²) in [4.78, 5) is 26.1. The number of aliphatic hydroxyl groups is 1. The van der Waals surface area contributed by atoms with Crippen molar-refractivity contribution in [1.82, 2.24) is 15.1 Å². The molecule has 0 spiro atoms. The van der Waals surface area contributed by atoms with E-state index >= 15 is 0 Å². The van der Waals surface area contributed by atoms with E-state index in [4.69, 9.17) is 5.11 Å². The Kier molecular flexibility index (Phi) is 5.13. The van der Waals surface area contributed by atoms with Gasteiger partial charge in [0.15, 0.2) is 0 Å². The molecule has 2 amide bonds. The monoisotopic (exact) mass is 273 g/mol. The van der Waals surface area contributed by atoms with Gasteiger partial charge >= 0.3 is 12.0 Å². The van der Waals surface area contributed by atoms with Crippen LogP contribution in [0.1, 0.15) is 20.8 Å². The van der Waals surface area contributed by atoms with Gasteiger partial charge in [0.1, 0.15) is 6.04 Å². The normalized spacial score (nSPS) is 19.1. The summed E-state index contributed by atoms with van der Waals surface area (Å²) >= 11 is 0. The van der Waals surface area contributed by atoms with Gasteiger partial charge in [0.05, 0.1) is 5.60 Å². The molecule has 1 heterocycles. The number of carboxylic acids is 1. The molecule has 0 aromatic heterocycles. The lowest BCUT2D eigenvalue weighted by molar-refractivity contribution is -0.138. The van der Waals surface area contributed by atoms with Crippen molar-refractivity contribution < 1.29 is 19.8 Å². The van der Waals surface area contributed by atoms with Gasteiger partial charge in [-0.3, -0.25) is 9.69 Å². The fraction of sp³-hybridized carbons (Fsp3) is 0.833. The van der Waals surface area contributed by atoms with Crippen molar-refractivity contribution >= 4 is 12.0 Å². The molecule has 7 nitrogen and oxygen atoms in total. The Bertz CT molecular complexity index is 332. The number of aliphatic carboxylic acids is 1. The minimum absolute atomic E-state index is 0.349. The highest BCUT2D eigenvalue weighted by Gasteiger charge is 2.26. The van der Waals surface area contributed by atoms with E-state index in [9.17, 15) is 14.7 Å². The molecule has 0 aromatic carbocycles. The summed E-state index contributed by atoms with van der Waals surface area (Å²) < 4.78 is 0. The molecule has 19 heavy (non-hydrogen) atoms. The molecule has 0 unspecified atom stereocenters. The lowest BCUT2D eigenvalue weighted by atomic mass is 10.1. The molecule has 7 heteroatoms. The minimum atomic E-state index is -1.05. The molecule has 1 aliphatic rings. The van der Waals surface area contributed by atoms with Crippen molar-refractivity contribution in [3.63, 3.8) is 0 Å². The van der Waals surface area contributed by atoms with E-state index in [1.54, 1.807) is 18.7 Å². The first-order valence-corrected chi connectivity index (χ1v) is 6.42. The van der Waals surface area contributed by atoms with E-state index in [2.05, 4.69) is 10.2 Å². The molecule has 0 aliphatic carbocycles.